The smallest absolute Gasteiger partial charge is 0.307 e. The van der Waals surface area contributed by atoms with Crippen molar-refractivity contribution in [2.45, 2.75) is 57.2 Å². The highest BCUT2D eigenvalue weighted by Gasteiger charge is 2.53. The van der Waals surface area contributed by atoms with Gasteiger partial charge in [-0.15, -0.1) is 10.2 Å². The molecule has 0 unspecified atom stereocenters. The molecule has 1 aliphatic carbocycles. The molecular formula is C16H24N4O4. The molecule has 1 aromatic heterocycles. The Balaban J connectivity index is 1.58. The number of carbonyl (C=O) groups is 2. The topological polar surface area (TPSA) is 95.3 Å². The van der Waals surface area contributed by atoms with Crippen LogP contribution in [-0.2, 0) is 32.2 Å². The van der Waals surface area contributed by atoms with Gasteiger partial charge in [0.05, 0.1) is 18.9 Å². The zero-order valence-corrected chi connectivity index (χ0v) is 14.0. The van der Waals surface area contributed by atoms with E-state index in [1.807, 2.05) is 4.57 Å². The minimum Gasteiger partial charge on any atom is -0.458 e. The van der Waals surface area contributed by atoms with Gasteiger partial charge in [0.1, 0.15) is 11.9 Å². The Hall–Kier alpha value is -1.96. The summed E-state index contributed by atoms with van der Waals surface area (Å²) in [5.41, 5.74) is -0.576. The van der Waals surface area contributed by atoms with Gasteiger partial charge in [0.2, 0.25) is 5.91 Å². The summed E-state index contributed by atoms with van der Waals surface area (Å²) in [5, 5.41) is 10.9. The lowest BCUT2D eigenvalue weighted by molar-refractivity contribution is -0.150. The summed E-state index contributed by atoms with van der Waals surface area (Å²) in [6, 6.07) is 0. The summed E-state index contributed by atoms with van der Waals surface area (Å²) in [5.74, 6) is -0.0866. The van der Waals surface area contributed by atoms with Crippen molar-refractivity contribution in [2.24, 2.45) is 5.92 Å². The average Bonchev–Trinajstić information content (AvgIpc) is 3.27. The molecule has 132 valence electrons. The number of nitrogens with zero attached hydrogens (tertiary/aromatic N) is 3. The lowest BCUT2D eigenvalue weighted by Gasteiger charge is -2.27. The monoisotopic (exact) mass is 336 g/mol. The van der Waals surface area contributed by atoms with Gasteiger partial charge in [0, 0.05) is 20.3 Å². The first-order valence-electron chi connectivity index (χ1n) is 8.50. The van der Waals surface area contributed by atoms with Crippen LogP contribution in [0.15, 0.2) is 6.33 Å². The third kappa shape index (κ3) is 3.43. The summed E-state index contributed by atoms with van der Waals surface area (Å²) < 4.78 is 12.5. The van der Waals surface area contributed by atoms with Gasteiger partial charge < -0.3 is 19.4 Å². The zero-order chi connectivity index (χ0) is 17.0. The van der Waals surface area contributed by atoms with Gasteiger partial charge in [-0.1, -0.05) is 0 Å². The summed E-state index contributed by atoms with van der Waals surface area (Å²) in [6.07, 6.45) is 6.25. The van der Waals surface area contributed by atoms with Crippen molar-refractivity contribution < 1.29 is 19.1 Å². The quantitative estimate of drug-likeness (QED) is 0.585. The van der Waals surface area contributed by atoms with Crippen molar-refractivity contribution in [3.05, 3.63) is 12.2 Å². The number of aromatic nitrogens is 3. The molecule has 8 nitrogen and oxygen atoms in total. The Morgan fingerprint density at radius 2 is 2.29 bits per heavy atom. The third-order valence-electron chi connectivity index (χ3n) is 4.95. The highest BCUT2D eigenvalue weighted by Crippen LogP contribution is 2.45. The molecule has 0 radical (unpaired) electrons. The molecule has 1 aromatic rings. The number of esters is 1. The van der Waals surface area contributed by atoms with Crippen LogP contribution in [0.2, 0.25) is 0 Å². The number of hydrogen-bond donors (Lipinski definition) is 1. The molecule has 1 saturated heterocycles. The van der Waals surface area contributed by atoms with E-state index >= 15 is 0 Å². The lowest BCUT2D eigenvalue weighted by Crippen LogP contribution is -2.42. The number of ether oxygens (including phenoxy) is 2. The maximum Gasteiger partial charge on any atom is 0.307 e. The zero-order valence-electron chi connectivity index (χ0n) is 14.0. The highest BCUT2D eigenvalue weighted by atomic mass is 16.6. The van der Waals surface area contributed by atoms with E-state index in [9.17, 15) is 9.59 Å². The number of amides is 1. The van der Waals surface area contributed by atoms with Crippen LogP contribution in [0, 0.1) is 5.92 Å². The molecule has 0 bridgehead atoms. The van der Waals surface area contributed by atoms with E-state index in [0.29, 0.717) is 19.0 Å². The third-order valence-corrected chi connectivity index (χ3v) is 4.95. The largest absolute Gasteiger partial charge is 0.458 e. The molecule has 0 aromatic carbocycles. The van der Waals surface area contributed by atoms with E-state index < -0.39 is 11.5 Å². The van der Waals surface area contributed by atoms with Crippen molar-refractivity contribution >= 4 is 11.9 Å². The second-order valence-corrected chi connectivity index (χ2v) is 6.51. The van der Waals surface area contributed by atoms with Crippen LogP contribution in [0.4, 0.5) is 0 Å². The minimum atomic E-state index is -0.576. The predicted octanol–water partition coefficient (Wildman–Crippen LogP) is 0.807. The van der Waals surface area contributed by atoms with Gasteiger partial charge in [-0.05, 0) is 32.1 Å². The molecule has 1 atom stereocenters. The van der Waals surface area contributed by atoms with Gasteiger partial charge in [0.15, 0.2) is 5.82 Å². The lowest BCUT2D eigenvalue weighted by atomic mass is 9.85. The number of methoxy groups -OCH3 is 1. The fraction of sp³-hybridized carbons (Fsp3) is 0.750. The molecule has 8 heteroatoms. The Morgan fingerprint density at radius 3 is 3.04 bits per heavy atom. The summed E-state index contributed by atoms with van der Waals surface area (Å²) in [6.45, 7) is 1.70. The summed E-state index contributed by atoms with van der Waals surface area (Å²) >= 11 is 0. The first-order chi connectivity index (χ1) is 11.6. The van der Waals surface area contributed by atoms with Crippen LogP contribution in [0.3, 0.4) is 0 Å². The second-order valence-electron chi connectivity index (χ2n) is 6.51. The standard InChI is InChI=1S/C16H24N4O4/c1-23-8-4-7-20-11-18-19-13(20)10-17-15(22)12-9-14(21)24-16(12)5-2-3-6-16/h11-12H,2-10H2,1H3,(H,17,22)/t12-/m1/s1. The average molecular weight is 336 g/mol. The molecule has 1 saturated carbocycles. The van der Waals surface area contributed by atoms with E-state index in [0.717, 1.165) is 38.6 Å². The fourth-order valence-electron chi connectivity index (χ4n) is 3.72. The van der Waals surface area contributed by atoms with Crippen molar-refractivity contribution in [2.75, 3.05) is 13.7 Å². The van der Waals surface area contributed by atoms with Gasteiger partial charge in [0.25, 0.3) is 0 Å². The van der Waals surface area contributed by atoms with Crippen LogP contribution in [0.1, 0.15) is 44.3 Å². The van der Waals surface area contributed by atoms with E-state index in [4.69, 9.17) is 9.47 Å². The molecule has 3 rings (SSSR count). The maximum atomic E-state index is 12.6. The Kier molecular flexibility index (Phi) is 5.13. The second kappa shape index (κ2) is 7.29. The molecule has 2 aliphatic rings. The van der Waals surface area contributed by atoms with Crippen molar-refractivity contribution in [1.82, 2.24) is 20.1 Å². The van der Waals surface area contributed by atoms with Crippen molar-refractivity contribution in [3.63, 3.8) is 0 Å². The van der Waals surface area contributed by atoms with Crippen LogP contribution in [-0.4, -0.2) is 46.0 Å². The van der Waals surface area contributed by atoms with Gasteiger partial charge in [-0.3, -0.25) is 9.59 Å². The molecule has 1 aliphatic heterocycles. The Bertz CT molecular complexity index is 595. The summed E-state index contributed by atoms with van der Waals surface area (Å²) in [4.78, 5) is 24.3. The number of hydrogen-bond acceptors (Lipinski definition) is 6. The van der Waals surface area contributed by atoms with Gasteiger partial charge in [-0.25, -0.2) is 0 Å². The minimum absolute atomic E-state index is 0.130. The van der Waals surface area contributed by atoms with Crippen LogP contribution < -0.4 is 5.32 Å². The predicted molar refractivity (Wildman–Crippen MR) is 83.8 cm³/mol. The highest BCUT2D eigenvalue weighted by molar-refractivity contribution is 5.87. The number of nitrogens with one attached hydrogen (secondary N) is 1. The van der Waals surface area contributed by atoms with Crippen molar-refractivity contribution in [1.29, 1.82) is 0 Å². The van der Waals surface area contributed by atoms with Gasteiger partial charge in [-0.2, -0.15) is 0 Å². The molecule has 1 spiro atoms. The van der Waals surface area contributed by atoms with Gasteiger partial charge >= 0.3 is 5.97 Å². The number of rotatable bonds is 7. The SMILES string of the molecule is COCCCn1cnnc1CNC(=O)[C@H]1CC(=O)OC12CCCC2. The maximum absolute atomic E-state index is 12.6. The van der Waals surface area contributed by atoms with Crippen LogP contribution >= 0.6 is 0 Å². The molecule has 2 heterocycles. The molecule has 1 N–H and O–H groups in total. The van der Waals surface area contributed by atoms with E-state index in [1.165, 1.54) is 0 Å². The molecule has 2 fully saturated rings. The first kappa shape index (κ1) is 16.9. The Labute approximate surface area is 140 Å². The number of carbonyl (C=O) groups excluding carboxylic acids is 2. The van der Waals surface area contributed by atoms with E-state index in [2.05, 4.69) is 15.5 Å². The summed E-state index contributed by atoms with van der Waals surface area (Å²) in [7, 11) is 1.66. The van der Waals surface area contributed by atoms with E-state index in [1.54, 1.807) is 13.4 Å². The molecule has 24 heavy (non-hydrogen) atoms. The fourth-order valence-corrected chi connectivity index (χ4v) is 3.72. The number of aryl methyl sites for hydroxylation is 1. The van der Waals surface area contributed by atoms with Crippen LogP contribution in [0.25, 0.3) is 0 Å². The van der Waals surface area contributed by atoms with Crippen molar-refractivity contribution in [3.8, 4) is 0 Å². The normalized spacial score (nSPS) is 22.0. The molecular weight excluding hydrogens is 312 g/mol. The van der Waals surface area contributed by atoms with Crippen LogP contribution in [0.5, 0.6) is 0 Å². The first-order valence-corrected chi connectivity index (χ1v) is 8.50. The van der Waals surface area contributed by atoms with E-state index in [-0.39, 0.29) is 18.3 Å². The Morgan fingerprint density at radius 1 is 1.50 bits per heavy atom. The molecule has 1 amide bonds.